The minimum Gasteiger partial charge on any atom is -0.478 e. The summed E-state index contributed by atoms with van der Waals surface area (Å²) < 4.78 is 8.27. The molecule has 0 bridgehead atoms. The molecule has 0 aliphatic carbocycles. The van der Waals surface area contributed by atoms with Crippen LogP contribution in [-0.4, -0.2) is 38.7 Å². The van der Waals surface area contributed by atoms with Crippen LogP contribution < -0.4 is 4.90 Å². The highest BCUT2D eigenvalue weighted by molar-refractivity contribution is 5.89. The van der Waals surface area contributed by atoms with Crippen molar-refractivity contribution in [1.82, 2.24) is 14.5 Å². The Bertz CT molecular complexity index is 1530. The van der Waals surface area contributed by atoms with Crippen molar-refractivity contribution < 1.29 is 14.3 Å². The fourth-order valence-corrected chi connectivity index (χ4v) is 5.59. The molecule has 5 aromatic rings. The van der Waals surface area contributed by atoms with Crippen molar-refractivity contribution in [3.63, 3.8) is 0 Å². The molecule has 1 aliphatic heterocycles. The van der Waals surface area contributed by atoms with Gasteiger partial charge in [0.2, 0.25) is 0 Å². The Labute approximate surface area is 215 Å². The van der Waals surface area contributed by atoms with E-state index in [-0.39, 0.29) is 5.41 Å². The lowest BCUT2D eigenvalue weighted by molar-refractivity contribution is 0.0696. The van der Waals surface area contributed by atoms with E-state index >= 15 is 0 Å². The number of benzene rings is 3. The van der Waals surface area contributed by atoms with Gasteiger partial charge in [0.05, 0.1) is 11.0 Å². The molecule has 0 atom stereocenters. The highest BCUT2D eigenvalue weighted by Gasteiger charge is 2.42. The number of carbonyl (C=O) groups is 1. The first kappa shape index (κ1) is 23.0. The van der Waals surface area contributed by atoms with Gasteiger partial charge < -0.3 is 19.0 Å². The number of imidazole rings is 1. The van der Waals surface area contributed by atoms with Gasteiger partial charge in [0, 0.05) is 32.0 Å². The van der Waals surface area contributed by atoms with E-state index in [0.29, 0.717) is 18.1 Å². The van der Waals surface area contributed by atoms with Gasteiger partial charge in [0.15, 0.2) is 5.58 Å². The topological polar surface area (TPSA) is 84.4 Å². The van der Waals surface area contributed by atoms with Crippen LogP contribution in [-0.2, 0) is 12.0 Å². The van der Waals surface area contributed by atoms with E-state index in [4.69, 9.17) is 14.4 Å². The van der Waals surface area contributed by atoms with Crippen molar-refractivity contribution in [3.8, 4) is 0 Å². The number of hydrogen-bond acceptors (Lipinski definition) is 5. The molecule has 1 aliphatic rings. The number of carboxylic acids is 1. The minimum absolute atomic E-state index is 0.261. The second kappa shape index (κ2) is 9.24. The molecule has 3 heterocycles. The Morgan fingerprint density at radius 3 is 2.51 bits per heavy atom. The van der Waals surface area contributed by atoms with Crippen LogP contribution in [0.15, 0.2) is 89.6 Å². The van der Waals surface area contributed by atoms with Gasteiger partial charge >= 0.3 is 5.97 Å². The number of nitrogens with zero attached hydrogens (tertiary/aromatic N) is 4. The zero-order valence-corrected chi connectivity index (χ0v) is 20.7. The van der Waals surface area contributed by atoms with E-state index in [0.717, 1.165) is 54.0 Å². The Morgan fingerprint density at radius 2 is 1.78 bits per heavy atom. The van der Waals surface area contributed by atoms with Crippen molar-refractivity contribution in [3.05, 3.63) is 113 Å². The quantitative estimate of drug-likeness (QED) is 0.329. The van der Waals surface area contributed by atoms with Gasteiger partial charge in [-0.3, -0.25) is 0 Å². The molecule has 0 amide bonds. The summed E-state index contributed by atoms with van der Waals surface area (Å²) in [5.74, 6) is 0.122. The number of aromatic carboxylic acids is 1. The number of para-hydroxylation sites is 2. The maximum atomic E-state index is 11.5. The van der Waals surface area contributed by atoms with Crippen LogP contribution >= 0.6 is 0 Å². The first-order valence-electron chi connectivity index (χ1n) is 12.5. The summed E-state index contributed by atoms with van der Waals surface area (Å²) >= 11 is 0. The molecule has 0 saturated carbocycles. The van der Waals surface area contributed by atoms with Crippen molar-refractivity contribution in [2.24, 2.45) is 0 Å². The second-order valence-electron chi connectivity index (χ2n) is 9.73. The Hall–Kier alpha value is -4.39. The molecule has 1 saturated heterocycles. The summed E-state index contributed by atoms with van der Waals surface area (Å²) in [5, 5.41) is 9.40. The predicted octanol–water partition coefficient (Wildman–Crippen LogP) is 5.67. The maximum Gasteiger partial charge on any atom is 0.335 e. The van der Waals surface area contributed by atoms with E-state index < -0.39 is 5.97 Å². The van der Waals surface area contributed by atoms with Gasteiger partial charge in [-0.25, -0.2) is 9.78 Å². The van der Waals surface area contributed by atoms with Crippen molar-refractivity contribution in [2.75, 3.05) is 18.0 Å². The molecule has 7 nitrogen and oxygen atoms in total. The van der Waals surface area contributed by atoms with Crippen LogP contribution in [0.1, 0.15) is 45.7 Å². The van der Waals surface area contributed by atoms with E-state index in [1.807, 2.05) is 61.8 Å². The molecule has 0 unspecified atom stereocenters. The first-order chi connectivity index (χ1) is 18.0. The van der Waals surface area contributed by atoms with Crippen molar-refractivity contribution >= 4 is 23.1 Å². The van der Waals surface area contributed by atoms with Crippen molar-refractivity contribution in [1.29, 1.82) is 0 Å². The molecule has 6 rings (SSSR count). The SMILES string of the molecule is Cc1cc(Cn2ccnc2C2(c3ccccc3)CCN(c3nc4ccccc4o3)CC2)ccc1C(=O)O. The number of aromatic nitrogens is 3. The van der Waals surface area contributed by atoms with Gasteiger partial charge in [-0.2, -0.15) is 4.98 Å². The number of aryl methyl sites for hydroxylation is 1. The zero-order valence-electron chi connectivity index (χ0n) is 20.7. The predicted molar refractivity (Wildman–Crippen MR) is 142 cm³/mol. The molecule has 0 spiro atoms. The smallest absolute Gasteiger partial charge is 0.335 e. The monoisotopic (exact) mass is 492 g/mol. The zero-order chi connectivity index (χ0) is 25.4. The standard InChI is InChI=1S/C30H28N4O3/c1-21-19-22(11-12-24(21)27(35)36)20-34-18-15-31-28(34)30(23-7-3-2-4-8-23)13-16-33(17-14-30)29-32-25-9-5-6-10-26(25)37-29/h2-12,15,18-19H,13-14,16-17,20H2,1H3,(H,35,36). The largest absolute Gasteiger partial charge is 0.478 e. The van der Waals surface area contributed by atoms with E-state index in [2.05, 4.69) is 33.7 Å². The third-order valence-electron chi connectivity index (χ3n) is 7.51. The second-order valence-corrected chi connectivity index (χ2v) is 9.73. The molecule has 37 heavy (non-hydrogen) atoms. The average Bonchev–Trinajstić information content (AvgIpc) is 3.56. The number of piperidine rings is 1. The Balaban J connectivity index is 1.32. The minimum atomic E-state index is -0.902. The lowest BCUT2D eigenvalue weighted by atomic mass is 9.72. The summed E-state index contributed by atoms with van der Waals surface area (Å²) in [6.45, 7) is 4.05. The van der Waals surface area contributed by atoms with Crippen LogP contribution in [0.2, 0.25) is 0 Å². The van der Waals surface area contributed by atoms with E-state index in [9.17, 15) is 9.90 Å². The molecular weight excluding hydrogens is 464 g/mol. The molecule has 0 radical (unpaired) electrons. The van der Waals surface area contributed by atoms with Gasteiger partial charge in [-0.05, 0) is 54.7 Å². The van der Waals surface area contributed by atoms with Gasteiger partial charge in [0.25, 0.3) is 6.01 Å². The van der Waals surface area contributed by atoms with E-state index in [1.54, 1.807) is 6.07 Å². The summed E-state index contributed by atoms with van der Waals surface area (Å²) in [4.78, 5) is 23.3. The van der Waals surface area contributed by atoms with Gasteiger partial charge in [0.1, 0.15) is 11.3 Å². The summed E-state index contributed by atoms with van der Waals surface area (Å²) in [6, 6.07) is 24.7. The highest BCUT2D eigenvalue weighted by atomic mass is 16.4. The summed E-state index contributed by atoms with van der Waals surface area (Å²) in [7, 11) is 0. The molecule has 3 aromatic carbocycles. The van der Waals surface area contributed by atoms with Gasteiger partial charge in [-0.15, -0.1) is 0 Å². The normalized spacial score (nSPS) is 15.2. The molecule has 186 valence electrons. The number of anilines is 1. The highest BCUT2D eigenvalue weighted by Crippen LogP contribution is 2.42. The van der Waals surface area contributed by atoms with Crippen LogP contribution in [0.4, 0.5) is 6.01 Å². The molecule has 2 aromatic heterocycles. The molecular formula is C30H28N4O3. The maximum absolute atomic E-state index is 11.5. The number of hydrogen-bond donors (Lipinski definition) is 1. The fourth-order valence-electron chi connectivity index (χ4n) is 5.59. The number of rotatable bonds is 6. The number of fused-ring (bicyclic) bond motifs is 1. The molecule has 1 N–H and O–H groups in total. The first-order valence-corrected chi connectivity index (χ1v) is 12.5. The Kier molecular flexibility index (Phi) is 5.75. The van der Waals surface area contributed by atoms with Crippen LogP contribution in [0.25, 0.3) is 11.1 Å². The number of oxazole rings is 1. The third kappa shape index (κ3) is 4.16. The Morgan fingerprint density at radius 1 is 1.03 bits per heavy atom. The van der Waals surface area contributed by atoms with Crippen LogP contribution in [0, 0.1) is 6.92 Å². The molecule has 1 fully saturated rings. The van der Waals surface area contributed by atoms with E-state index in [1.165, 1.54) is 5.56 Å². The lowest BCUT2D eigenvalue weighted by Gasteiger charge is -2.41. The third-order valence-corrected chi connectivity index (χ3v) is 7.51. The van der Waals surface area contributed by atoms with Crippen LogP contribution in [0.5, 0.6) is 0 Å². The van der Waals surface area contributed by atoms with Gasteiger partial charge in [-0.1, -0.05) is 54.6 Å². The fraction of sp³-hybridized carbons (Fsp3) is 0.233. The number of carboxylic acid groups (broad SMARTS) is 1. The summed E-state index contributed by atoms with van der Waals surface area (Å²) in [6.07, 6.45) is 5.62. The van der Waals surface area contributed by atoms with Crippen LogP contribution in [0.3, 0.4) is 0 Å². The van der Waals surface area contributed by atoms with Crippen molar-refractivity contribution in [2.45, 2.75) is 31.7 Å². The molecule has 7 heteroatoms. The summed E-state index contributed by atoms with van der Waals surface area (Å²) in [5.41, 5.74) is 4.81. The lowest BCUT2D eigenvalue weighted by Crippen LogP contribution is -2.45. The average molecular weight is 493 g/mol.